The number of hydrogen-bond donors (Lipinski definition) is 4. The number of thiol groups is 1. The monoisotopic (exact) mass is 361 g/mol. The van der Waals surface area contributed by atoms with Gasteiger partial charge in [0.15, 0.2) is 0 Å². The first kappa shape index (κ1) is 19.0. The Hall–Kier alpha value is -2.38. The molecule has 7 heteroatoms. The molecule has 0 fully saturated rings. The molecule has 0 radical (unpaired) electrons. The summed E-state index contributed by atoms with van der Waals surface area (Å²) in [5, 5.41) is 2.63. The Kier molecular flexibility index (Phi) is 7.43. The highest BCUT2D eigenvalue weighted by Crippen LogP contribution is 2.04. The summed E-state index contributed by atoms with van der Waals surface area (Å²) in [5.41, 5.74) is 6.11. The summed E-state index contributed by atoms with van der Waals surface area (Å²) in [7, 11) is 0. The van der Waals surface area contributed by atoms with Crippen molar-refractivity contribution in [3.8, 4) is 0 Å². The molecule has 5 nitrogen and oxygen atoms in total. The summed E-state index contributed by atoms with van der Waals surface area (Å²) >= 11 is 4.16. The third-order valence-electron chi connectivity index (χ3n) is 3.41. The van der Waals surface area contributed by atoms with Crippen LogP contribution < -0.4 is 16.2 Å². The first-order valence-electron chi connectivity index (χ1n) is 7.83. The van der Waals surface area contributed by atoms with Gasteiger partial charge in [-0.25, -0.2) is 9.82 Å². The van der Waals surface area contributed by atoms with Gasteiger partial charge in [-0.2, -0.15) is 0 Å². The van der Waals surface area contributed by atoms with Gasteiger partial charge in [0.1, 0.15) is 11.3 Å². The molecular formula is C18H20FN3O2S. The number of halogens is 1. The minimum Gasteiger partial charge on any atom is -0.331 e. The number of rotatable bonds is 8. The smallest absolute Gasteiger partial charge is 0.238 e. The van der Waals surface area contributed by atoms with Gasteiger partial charge >= 0.3 is 0 Å². The van der Waals surface area contributed by atoms with E-state index in [-0.39, 0.29) is 24.1 Å². The number of hydrazine groups is 1. The third kappa shape index (κ3) is 7.36. The van der Waals surface area contributed by atoms with Crippen molar-refractivity contribution in [2.75, 3.05) is 0 Å². The lowest BCUT2D eigenvalue weighted by molar-refractivity contribution is -0.123. The number of nitrogens with one attached hydrogen (secondary N) is 3. The van der Waals surface area contributed by atoms with Crippen molar-refractivity contribution in [3.63, 3.8) is 0 Å². The highest BCUT2D eigenvalue weighted by Gasteiger charge is 2.09. The van der Waals surface area contributed by atoms with Crippen LogP contribution in [-0.2, 0) is 22.4 Å². The molecule has 2 aromatic carbocycles. The fourth-order valence-electron chi connectivity index (χ4n) is 2.14. The molecule has 25 heavy (non-hydrogen) atoms. The van der Waals surface area contributed by atoms with Crippen LogP contribution in [0, 0.1) is 5.82 Å². The van der Waals surface area contributed by atoms with Crippen LogP contribution in [0.2, 0.25) is 0 Å². The van der Waals surface area contributed by atoms with Gasteiger partial charge in [0.05, 0.1) is 6.42 Å². The average molecular weight is 361 g/mol. The van der Waals surface area contributed by atoms with Gasteiger partial charge in [-0.3, -0.25) is 15.0 Å². The molecule has 0 aliphatic heterocycles. The van der Waals surface area contributed by atoms with E-state index in [0.717, 1.165) is 5.56 Å². The predicted molar refractivity (Wildman–Crippen MR) is 97.1 cm³/mol. The van der Waals surface area contributed by atoms with Crippen molar-refractivity contribution in [1.82, 2.24) is 16.2 Å². The van der Waals surface area contributed by atoms with E-state index in [1.165, 1.54) is 12.1 Å². The topological polar surface area (TPSA) is 70.2 Å². The van der Waals surface area contributed by atoms with E-state index >= 15 is 0 Å². The molecule has 0 saturated heterocycles. The van der Waals surface area contributed by atoms with Crippen LogP contribution in [0.15, 0.2) is 54.6 Å². The third-order valence-corrected chi connectivity index (χ3v) is 3.67. The van der Waals surface area contributed by atoms with E-state index in [0.29, 0.717) is 18.4 Å². The zero-order valence-corrected chi connectivity index (χ0v) is 14.4. The Balaban J connectivity index is 1.65. The zero-order chi connectivity index (χ0) is 18.1. The van der Waals surface area contributed by atoms with Crippen molar-refractivity contribution in [1.29, 1.82) is 0 Å². The van der Waals surface area contributed by atoms with Gasteiger partial charge < -0.3 is 5.32 Å². The summed E-state index contributed by atoms with van der Waals surface area (Å²) in [6.45, 7) is 0. The normalized spacial score (nSPS) is 11.6. The van der Waals surface area contributed by atoms with Gasteiger partial charge in [-0.05, 0) is 29.7 Å². The van der Waals surface area contributed by atoms with Crippen LogP contribution in [-0.4, -0.2) is 17.3 Å². The van der Waals surface area contributed by atoms with Crippen LogP contribution in [0.25, 0.3) is 0 Å². The Morgan fingerprint density at radius 3 is 2.32 bits per heavy atom. The van der Waals surface area contributed by atoms with Gasteiger partial charge in [0, 0.05) is 6.42 Å². The van der Waals surface area contributed by atoms with E-state index in [4.69, 9.17) is 0 Å². The first-order chi connectivity index (χ1) is 12.0. The maximum Gasteiger partial charge on any atom is 0.238 e. The number of benzene rings is 2. The molecule has 0 aromatic heterocycles. The summed E-state index contributed by atoms with van der Waals surface area (Å²) in [6.07, 6.45) is 1.05. The molecule has 0 aliphatic rings. The largest absolute Gasteiger partial charge is 0.331 e. The number of hydrogen-bond acceptors (Lipinski definition) is 4. The van der Waals surface area contributed by atoms with Crippen LogP contribution >= 0.6 is 12.6 Å². The minimum absolute atomic E-state index is 0.0930. The van der Waals surface area contributed by atoms with Crippen molar-refractivity contribution >= 4 is 24.4 Å². The molecule has 2 amide bonds. The lowest BCUT2D eigenvalue weighted by Crippen LogP contribution is -2.50. The van der Waals surface area contributed by atoms with E-state index in [2.05, 4.69) is 28.8 Å². The standard InChI is InChI=1S/C18H20FN3O2S/c19-15-9-6-14(7-10-15)12-17(24)21-22-18(25)20-16(23)11-8-13-4-2-1-3-5-13/h1-7,9-10,18,22,25H,8,11-12H2,(H,20,23)(H,21,24). The average Bonchev–Trinajstić information content (AvgIpc) is 2.61. The van der Waals surface area contributed by atoms with Gasteiger partial charge in [-0.1, -0.05) is 42.5 Å². The molecule has 1 unspecified atom stereocenters. The van der Waals surface area contributed by atoms with Gasteiger partial charge in [0.2, 0.25) is 11.8 Å². The molecule has 0 saturated carbocycles. The highest BCUT2D eigenvalue weighted by atomic mass is 32.1. The molecule has 132 valence electrons. The summed E-state index contributed by atoms with van der Waals surface area (Å²) in [4.78, 5) is 23.6. The summed E-state index contributed by atoms with van der Waals surface area (Å²) in [5.74, 6) is -0.843. The second kappa shape index (κ2) is 9.80. The molecule has 1 atom stereocenters. The second-order valence-electron chi connectivity index (χ2n) is 5.45. The van der Waals surface area contributed by atoms with Crippen molar-refractivity contribution in [3.05, 3.63) is 71.5 Å². The van der Waals surface area contributed by atoms with Crippen molar-refractivity contribution in [2.24, 2.45) is 0 Å². The van der Waals surface area contributed by atoms with Crippen LogP contribution in [0.4, 0.5) is 4.39 Å². The maximum absolute atomic E-state index is 12.8. The lowest BCUT2D eigenvalue weighted by Gasteiger charge is -2.15. The Morgan fingerprint density at radius 2 is 1.64 bits per heavy atom. The number of carbonyl (C=O) groups excluding carboxylic acids is 2. The molecule has 0 spiro atoms. The molecule has 0 bridgehead atoms. The van der Waals surface area contributed by atoms with Crippen molar-refractivity contribution < 1.29 is 14.0 Å². The maximum atomic E-state index is 12.8. The lowest BCUT2D eigenvalue weighted by atomic mass is 10.1. The van der Waals surface area contributed by atoms with Crippen molar-refractivity contribution in [2.45, 2.75) is 24.8 Å². The highest BCUT2D eigenvalue weighted by molar-refractivity contribution is 7.80. The predicted octanol–water partition coefficient (Wildman–Crippen LogP) is 1.95. The van der Waals surface area contributed by atoms with E-state index in [1.54, 1.807) is 12.1 Å². The number of aryl methyl sites for hydroxylation is 1. The van der Waals surface area contributed by atoms with Gasteiger partial charge in [-0.15, -0.1) is 12.6 Å². The molecule has 0 aliphatic carbocycles. The minimum atomic E-state index is -0.708. The molecule has 3 N–H and O–H groups in total. The molecule has 2 aromatic rings. The SMILES string of the molecule is O=C(Cc1ccc(F)cc1)NNC(S)NC(=O)CCc1ccccc1. The molecular weight excluding hydrogens is 341 g/mol. The first-order valence-corrected chi connectivity index (χ1v) is 8.35. The molecule has 2 rings (SSSR count). The quantitative estimate of drug-likeness (QED) is 0.330. The fraction of sp³-hybridized carbons (Fsp3) is 0.222. The Labute approximate surface area is 151 Å². The van der Waals surface area contributed by atoms with Crippen LogP contribution in [0.5, 0.6) is 0 Å². The van der Waals surface area contributed by atoms with Gasteiger partial charge in [0.25, 0.3) is 0 Å². The van der Waals surface area contributed by atoms with E-state index in [9.17, 15) is 14.0 Å². The fourth-order valence-corrected chi connectivity index (χ4v) is 2.35. The van der Waals surface area contributed by atoms with E-state index in [1.807, 2.05) is 30.3 Å². The summed E-state index contributed by atoms with van der Waals surface area (Å²) < 4.78 is 12.8. The Bertz CT molecular complexity index is 695. The Morgan fingerprint density at radius 1 is 0.960 bits per heavy atom. The van der Waals surface area contributed by atoms with Crippen LogP contribution in [0.3, 0.4) is 0 Å². The number of carbonyl (C=O) groups is 2. The number of amides is 2. The second-order valence-corrected chi connectivity index (χ2v) is 5.97. The van der Waals surface area contributed by atoms with Crippen LogP contribution in [0.1, 0.15) is 17.5 Å². The van der Waals surface area contributed by atoms with E-state index < -0.39 is 5.50 Å². The zero-order valence-electron chi connectivity index (χ0n) is 13.5. The molecule has 0 heterocycles. The summed E-state index contributed by atoms with van der Waals surface area (Å²) in [6, 6.07) is 15.4.